The normalized spacial score (nSPS) is 15.3. The first-order chi connectivity index (χ1) is 8.70. The monoisotopic (exact) mass is 262 g/mol. The lowest BCUT2D eigenvalue weighted by Crippen LogP contribution is -2.41. The molecule has 2 aromatic rings. The average molecular weight is 262 g/mol. The van der Waals surface area contributed by atoms with E-state index >= 15 is 0 Å². The Labute approximate surface area is 108 Å². The van der Waals surface area contributed by atoms with Crippen LogP contribution >= 0.6 is 11.3 Å². The van der Waals surface area contributed by atoms with Crippen LogP contribution in [-0.2, 0) is 0 Å². The first-order valence-electron chi connectivity index (χ1n) is 5.94. The van der Waals surface area contributed by atoms with Crippen molar-refractivity contribution in [3.63, 3.8) is 0 Å². The van der Waals surface area contributed by atoms with Gasteiger partial charge in [-0.1, -0.05) is 11.3 Å². The van der Waals surface area contributed by atoms with Gasteiger partial charge in [-0.05, 0) is 37.5 Å². The number of nitrogens with two attached hydrogens (primary N) is 1. The maximum absolute atomic E-state index is 11.7. The van der Waals surface area contributed by atoms with E-state index in [1.54, 1.807) is 6.07 Å². The summed E-state index contributed by atoms with van der Waals surface area (Å²) in [5.74, 6) is 0. The zero-order chi connectivity index (χ0) is 12.5. The average Bonchev–Trinajstić information content (AvgIpc) is 2.65. The predicted octanol–water partition coefficient (Wildman–Crippen LogP) is 2.55. The topological polar surface area (TPSA) is 80.0 Å². The van der Waals surface area contributed by atoms with Gasteiger partial charge in [0.05, 0.1) is 10.2 Å². The highest BCUT2D eigenvalue weighted by molar-refractivity contribution is 7.22. The molecule has 94 valence electrons. The molecular formula is C12H14N4OS. The summed E-state index contributed by atoms with van der Waals surface area (Å²) in [7, 11) is 0. The van der Waals surface area contributed by atoms with Gasteiger partial charge in [0.1, 0.15) is 0 Å². The quantitative estimate of drug-likeness (QED) is 0.728. The van der Waals surface area contributed by atoms with Crippen LogP contribution in [0.15, 0.2) is 18.2 Å². The number of rotatable bonds is 2. The van der Waals surface area contributed by atoms with Crippen LogP contribution in [0, 0.1) is 0 Å². The summed E-state index contributed by atoms with van der Waals surface area (Å²) in [5, 5.41) is 6.28. The number of urea groups is 1. The molecule has 1 saturated carbocycles. The number of carbonyl (C=O) groups excluding carboxylic acids is 1. The molecule has 4 N–H and O–H groups in total. The van der Waals surface area contributed by atoms with Crippen molar-refractivity contribution in [2.75, 3.05) is 11.1 Å². The van der Waals surface area contributed by atoms with Crippen LogP contribution in [-0.4, -0.2) is 17.1 Å². The molecule has 18 heavy (non-hydrogen) atoms. The van der Waals surface area contributed by atoms with E-state index in [0.717, 1.165) is 23.1 Å². The van der Waals surface area contributed by atoms with Gasteiger partial charge in [0.15, 0.2) is 5.13 Å². The zero-order valence-corrected chi connectivity index (χ0v) is 10.6. The third-order valence-corrected chi connectivity index (χ3v) is 4.01. The minimum atomic E-state index is -0.174. The van der Waals surface area contributed by atoms with Crippen molar-refractivity contribution in [3.8, 4) is 0 Å². The molecule has 0 spiro atoms. The van der Waals surface area contributed by atoms with E-state index in [1.165, 1.54) is 17.8 Å². The van der Waals surface area contributed by atoms with Gasteiger partial charge in [-0.2, -0.15) is 0 Å². The molecule has 1 heterocycles. The molecule has 1 aromatic carbocycles. The highest BCUT2D eigenvalue weighted by Crippen LogP contribution is 2.27. The van der Waals surface area contributed by atoms with Crippen LogP contribution in [0.4, 0.5) is 15.6 Å². The van der Waals surface area contributed by atoms with Crippen molar-refractivity contribution in [2.45, 2.75) is 25.3 Å². The second-order valence-electron chi connectivity index (χ2n) is 4.47. The lowest BCUT2D eigenvalue weighted by Gasteiger charge is -2.26. The molecular weight excluding hydrogens is 248 g/mol. The van der Waals surface area contributed by atoms with Gasteiger partial charge in [0.25, 0.3) is 0 Å². The lowest BCUT2D eigenvalue weighted by molar-refractivity contribution is 0.240. The van der Waals surface area contributed by atoms with E-state index in [9.17, 15) is 4.79 Å². The van der Waals surface area contributed by atoms with Gasteiger partial charge in [-0.3, -0.25) is 5.32 Å². The molecule has 0 radical (unpaired) electrons. The van der Waals surface area contributed by atoms with Gasteiger partial charge < -0.3 is 11.1 Å². The maximum atomic E-state index is 11.7. The Morgan fingerprint density at radius 1 is 1.44 bits per heavy atom. The molecule has 1 aromatic heterocycles. The lowest BCUT2D eigenvalue weighted by atomic mass is 9.93. The number of hydrogen-bond acceptors (Lipinski definition) is 4. The van der Waals surface area contributed by atoms with Crippen LogP contribution in [0.25, 0.3) is 10.2 Å². The fourth-order valence-corrected chi connectivity index (χ4v) is 2.78. The van der Waals surface area contributed by atoms with Crippen molar-refractivity contribution >= 4 is 38.4 Å². The summed E-state index contributed by atoms with van der Waals surface area (Å²) >= 11 is 1.43. The van der Waals surface area contributed by atoms with Gasteiger partial charge in [-0.25, -0.2) is 9.78 Å². The van der Waals surface area contributed by atoms with Crippen molar-refractivity contribution in [3.05, 3.63) is 18.2 Å². The third-order valence-electron chi connectivity index (χ3n) is 3.07. The molecule has 5 nitrogen and oxygen atoms in total. The number of amides is 2. The minimum absolute atomic E-state index is 0.174. The number of nitrogens with one attached hydrogen (secondary N) is 2. The van der Waals surface area contributed by atoms with Crippen LogP contribution in [0.5, 0.6) is 0 Å². The number of nitrogen functional groups attached to an aromatic ring is 1. The second kappa shape index (κ2) is 4.45. The van der Waals surface area contributed by atoms with E-state index in [1.807, 2.05) is 12.1 Å². The molecule has 3 rings (SSSR count). The van der Waals surface area contributed by atoms with E-state index in [4.69, 9.17) is 5.73 Å². The zero-order valence-electron chi connectivity index (χ0n) is 9.77. The van der Waals surface area contributed by atoms with Crippen LogP contribution < -0.4 is 16.4 Å². The summed E-state index contributed by atoms with van der Waals surface area (Å²) < 4.78 is 0.981. The number of nitrogens with zero attached hydrogens (tertiary/aromatic N) is 1. The highest BCUT2D eigenvalue weighted by atomic mass is 32.1. The fraction of sp³-hybridized carbons (Fsp3) is 0.333. The van der Waals surface area contributed by atoms with E-state index < -0.39 is 0 Å². The molecule has 0 unspecified atom stereocenters. The van der Waals surface area contributed by atoms with Crippen molar-refractivity contribution in [2.24, 2.45) is 0 Å². The molecule has 1 aliphatic rings. The first kappa shape index (κ1) is 11.3. The smallest absolute Gasteiger partial charge is 0.321 e. The summed E-state index contributed by atoms with van der Waals surface area (Å²) in [6.07, 6.45) is 3.35. The number of hydrogen-bond donors (Lipinski definition) is 3. The standard InChI is InChI=1S/C12H14N4OS/c13-7-4-5-9-10(6-7)18-12(15-9)16-11(17)14-8-2-1-3-8/h4-6,8H,1-3,13H2,(H2,14,15,16,17). The van der Waals surface area contributed by atoms with E-state index in [0.29, 0.717) is 16.9 Å². The molecule has 0 saturated heterocycles. The number of benzene rings is 1. The minimum Gasteiger partial charge on any atom is -0.399 e. The van der Waals surface area contributed by atoms with E-state index in [2.05, 4.69) is 15.6 Å². The van der Waals surface area contributed by atoms with Gasteiger partial charge in [0, 0.05) is 11.7 Å². The van der Waals surface area contributed by atoms with Crippen molar-refractivity contribution < 1.29 is 4.79 Å². The van der Waals surface area contributed by atoms with Crippen molar-refractivity contribution in [1.82, 2.24) is 10.3 Å². The van der Waals surface area contributed by atoms with Crippen LogP contribution in [0.1, 0.15) is 19.3 Å². The highest BCUT2D eigenvalue weighted by Gasteiger charge is 2.19. The predicted molar refractivity (Wildman–Crippen MR) is 73.8 cm³/mol. The van der Waals surface area contributed by atoms with Crippen LogP contribution in [0.3, 0.4) is 0 Å². The SMILES string of the molecule is Nc1ccc2nc(NC(=O)NC3CCC3)sc2c1. The molecule has 6 heteroatoms. The maximum Gasteiger partial charge on any atom is 0.321 e. The first-order valence-corrected chi connectivity index (χ1v) is 6.76. The van der Waals surface area contributed by atoms with Gasteiger partial charge in [0.2, 0.25) is 0 Å². The number of carbonyl (C=O) groups is 1. The largest absolute Gasteiger partial charge is 0.399 e. The second-order valence-corrected chi connectivity index (χ2v) is 5.50. The Morgan fingerprint density at radius 2 is 2.28 bits per heavy atom. The molecule has 1 fully saturated rings. The summed E-state index contributed by atoms with van der Waals surface area (Å²) in [4.78, 5) is 16.0. The number of fused-ring (bicyclic) bond motifs is 1. The fourth-order valence-electron chi connectivity index (χ4n) is 1.87. The van der Waals surface area contributed by atoms with Gasteiger partial charge >= 0.3 is 6.03 Å². The van der Waals surface area contributed by atoms with Crippen molar-refractivity contribution in [1.29, 1.82) is 0 Å². The Balaban J connectivity index is 1.71. The molecule has 0 bridgehead atoms. The number of thiazole rings is 1. The number of aromatic nitrogens is 1. The Morgan fingerprint density at radius 3 is 3.00 bits per heavy atom. The summed E-state index contributed by atoms with van der Waals surface area (Å²) in [6.45, 7) is 0. The summed E-state index contributed by atoms with van der Waals surface area (Å²) in [5.41, 5.74) is 7.27. The molecule has 1 aliphatic carbocycles. The Bertz CT molecular complexity index is 591. The Kier molecular flexibility index (Phi) is 2.79. The Hall–Kier alpha value is -1.82. The van der Waals surface area contributed by atoms with Crippen LogP contribution in [0.2, 0.25) is 0 Å². The molecule has 2 amide bonds. The van der Waals surface area contributed by atoms with Gasteiger partial charge in [-0.15, -0.1) is 0 Å². The third kappa shape index (κ3) is 2.24. The molecule has 0 atom stereocenters. The van der Waals surface area contributed by atoms with E-state index in [-0.39, 0.29) is 6.03 Å². The number of anilines is 2. The molecule has 0 aliphatic heterocycles. The summed E-state index contributed by atoms with van der Waals surface area (Å²) in [6, 6.07) is 5.68.